The van der Waals surface area contributed by atoms with Crippen molar-refractivity contribution < 1.29 is 8.42 Å². The zero-order valence-electron chi connectivity index (χ0n) is 10.5. The molecule has 8 heteroatoms. The Kier molecular flexibility index (Phi) is 4.74. The van der Waals surface area contributed by atoms with Gasteiger partial charge in [0.1, 0.15) is 0 Å². The number of hydrogen-bond acceptors (Lipinski definition) is 4. The maximum absolute atomic E-state index is 12.1. The van der Waals surface area contributed by atoms with Crippen LogP contribution < -0.4 is 4.72 Å². The minimum absolute atomic E-state index is 0.0792. The molecule has 5 nitrogen and oxygen atoms in total. The molecule has 0 spiro atoms. The summed E-state index contributed by atoms with van der Waals surface area (Å²) < 4.78 is 27.2. The van der Waals surface area contributed by atoms with E-state index in [1.54, 1.807) is 6.20 Å². The fourth-order valence-corrected chi connectivity index (χ4v) is 3.08. The van der Waals surface area contributed by atoms with E-state index >= 15 is 0 Å². The Balaban J connectivity index is 2.14. The number of benzene rings is 1. The molecule has 0 radical (unpaired) electrons. The summed E-state index contributed by atoms with van der Waals surface area (Å²) in [5, 5.41) is 0.452. The van der Waals surface area contributed by atoms with Gasteiger partial charge in [0.2, 0.25) is 10.0 Å². The van der Waals surface area contributed by atoms with E-state index in [0.29, 0.717) is 15.2 Å². The van der Waals surface area contributed by atoms with Crippen LogP contribution in [-0.2, 0) is 16.6 Å². The van der Waals surface area contributed by atoms with Crippen molar-refractivity contribution in [2.45, 2.75) is 18.4 Å². The Morgan fingerprint density at radius 3 is 2.65 bits per heavy atom. The van der Waals surface area contributed by atoms with Crippen molar-refractivity contribution in [3.05, 3.63) is 51.5 Å². The van der Waals surface area contributed by atoms with Crippen LogP contribution in [0.4, 0.5) is 0 Å². The van der Waals surface area contributed by atoms with E-state index in [4.69, 9.17) is 11.6 Å². The van der Waals surface area contributed by atoms with E-state index in [9.17, 15) is 8.42 Å². The van der Waals surface area contributed by atoms with Crippen LogP contribution in [0.2, 0.25) is 5.02 Å². The zero-order chi connectivity index (χ0) is 14.8. The van der Waals surface area contributed by atoms with Gasteiger partial charge in [-0.15, -0.1) is 0 Å². The van der Waals surface area contributed by atoms with E-state index in [2.05, 4.69) is 30.6 Å². The molecule has 0 saturated carbocycles. The summed E-state index contributed by atoms with van der Waals surface area (Å²) in [6.07, 6.45) is 3.12. The standard InChI is InChI=1S/C12H11BrClN3O2S/c1-8-5-16-9(6-15-8)7-17-20(18,19)10-2-3-12(14)11(13)4-10/h2-6,17H,7H2,1H3. The first-order chi connectivity index (χ1) is 9.38. The monoisotopic (exact) mass is 375 g/mol. The van der Waals surface area contributed by atoms with Gasteiger partial charge >= 0.3 is 0 Å². The smallest absolute Gasteiger partial charge is 0.240 e. The molecule has 0 fully saturated rings. The molecule has 1 aromatic carbocycles. The van der Waals surface area contributed by atoms with E-state index in [1.165, 1.54) is 24.4 Å². The van der Waals surface area contributed by atoms with Gasteiger partial charge in [-0.05, 0) is 41.1 Å². The van der Waals surface area contributed by atoms with Gasteiger partial charge in [-0.2, -0.15) is 0 Å². The topological polar surface area (TPSA) is 72.0 Å². The highest BCUT2D eigenvalue weighted by atomic mass is 79.9. The molecule has 0 saturated heterocycles. The molecule has 0 aliphatic carbocycles. The first-order valence-electron chi connectivity index (χ1n) is 5.61. The van der Waals surface area contributed by atoms with Gasteiger partial charge < -0.3 is 0 Å². The normalized spacial score (nSPS) is 11.6. The van der Waals surface area contributed by atoms with E-state index in [1.807, 2.05) is 6.92 Å². The first-order valence-corrected chi connectivity index (χ1v) is 8.26. The molecule has 2 rings (SSSR count). The maximum Gasteiger partial charge on any atom is 0.240 e. The summed E-state index contributed by atoms with van der Waals surface area (Å²) in [7, 11) is -3.61. The Labute approximate surface area is 130 Å². The van der Waals surface area contributed by atoms with Crippen LogP contribution in [0.5, 0.6) is 0 Å². The molecule has 0 amide bonds. The first kappa shape index (κ1) is 15.4. The summed E-state index contributed by atoms with van der Waals surface area (Å²) in [4.78, 5) is 8.28. The quantitative estimate of drug-likeness (QED) is 0.890. The van der Waals surface area contributed by atoms with Gasteiger partial charge in [0.05, 0.1) is 34.0 Å². The molecule has 0 bridgehead atoms. The number of nitrogens with zero attached hydrogens (tertiary/aromatic N) is 2. The van der Waals surface area contributed by atoms with Crippen LogP contribution in [0.25, 0.3) is 0 Å². The number of nitrogens with one attached hydrogen (secondary N) is 1. The predicted octanol–water partition coefficient (Wildman–Crippen LogP) is 2.68. The third-order valence-electron chi connectivity index (χ3n) is 2.48. The summed E-state index contributed by atoms with van der Waals surface area (Å²) in [6.45, 7) is 1.89. The summed E-state index contributed by atoms with van der Waals surface area (Å²) in [6, 6.07) is 4.41. The van der Waals surface area contributed by atoms with Crippen LogP contribution in [0.3, 0.4) is 0 Å². The highest BCUT2D eigenvalue weighted by Gasteiger charge is 2.15. The van der Waals surface area contributed by atoms with E-state index in [0.717, 1.165) is 5.69 Å². The molecule has 0 aliphatic rings. The molecular formula is C12H11BrClN3O2S. The van der Waals surface area contributed by atoms with Crippen LogP contribution in [0.15, 0.2) is 40.0 Å². The van der Waals surface area contributed by atoms with Gasteiger partial charge in [-0.25, -0.2) is 13.1 Å². The van der Waals surface area contributed by atoms with Crippen molar-refractivity contribution in [3.63, 3.8) is 0 Å². The molecule has 0 unspecified atom stereocenters. The lowest BCUT2D eigenvalue weighted by Crippen LogP contribution is -2.23. The van der Waals surface area contributed by atoms with Crippen molar-refractivity contribution in [1.82, 2.24) is 14.7 Å². The molecule has 2 aromatic rings. The highest BCUT2D eigenvalue weighted by Crippen LogP contribution is 2.25. The second kappa shape index (κ2) is 6.17. The summed E-state index contributed by atoms with van der Waals surface area (Å²) >= 11 is 9.03. The third-order valence-corrected chi connectivity index (χ3v) is 5.09. The van der Waals surface area contributed by atoms with Crippen LogP contribution in [0.1, 0.15) is 11.4 Å². The predicted molar refractivity (Wildman–Crippen MR) is 79.9 cm³/mol. The number of rotatable bonds is 4. The molecule has 1 heterocycles. The fourth-order valence-electron chi connectivity index (χ4n) is 1.41. The molecule has 1 aromatic heterocycles. The lowest BCUT2D eigenvalue weighted by atomic mass is 10.4. The average Bonchev–Trinajstić information content (AvgIpc) is 2.41. The van der Waals surface area contributed by atoms with E-state index in [-0.39, 0.29) is 11.4 Å². The summed E-state index contributed by atoms with van der Waals surface area (Å²) in [5.41, 5.74) is 1.32. The van der Waals surface area contributed by atoms with Crippen LogP contribution >= 0.6 is 27.5 Å². The van der Waals surface area contributed by atoms with Gasteiger partial charge in [0.25, 0.3) is 0 Å². The van der Waals surface area contributed by atoms with E-state index < -0.39 is 10.0 Å². The van der Waals surface area contributed by atoms with Crippen molar-refractivity contribution in [2.75, 3.05) is 0 Å². The molecule has 1 N–H and O–H groups in total. The van der Waals surface area contributed by atoms with Crippen molar-refractivity contribution >= 4 is 37.6 Å². The largest absolute Gasteiger partial charge is 0.258 e. The summed E-state index contributed by atoms with van der Waals surface area (Å²) in [5.74, 6) is 0. The maximum atomic E-state index is 12.1. The van der Waals surface area contributed by atoms with Crippen molar-refractivity contribution in [2.24, 2.45) is 0 Å². The minimum atomic E-state index is -3.61. The Hall–Kier alpha value is -1.02. The van der Waals surface area contributed by atoms with Gasteiger partial charge in [-0.1, -0.05) is 11.6 Å². The average molecular weight is 377 g/mol. The number of hydrogen-bond donors (Lipinski definition) is 1. The molecular weight excluding hydrogens is 366 g/mol. The highest BCUT2D eigenvalue weighted by molar-refractivity contribution is 9.10. The second-order valence-corrected chi connectivity index (χ2v) is 7.08. The van der Waals surface area contributed by atoms with Crippen molar-refractivity contribution in [3.8, 4) is 0 Å². The molecule has 20 heavy (non-hydrogen) atoms. The Morgan fingerprint density at radius 2 is 2.05 bits per heavy atom. The Morgan fingerprint density at radius 1 is 1.30 bits per heavy atom. The van der Waals surface area contributed by atoms with Crippen LogP contribution in [-0.4, -0.2) is 18.4 Å². The fraction of sp³-hybridized carbons (Fsp3) is 0.167. The Bertz CT molecular complexity index is 720. The molecule has 0 aliphatic heterocycles. The molecule has 106 valence electrons. The van der Waals surface area contributed by atoms with Gasteiger partial charge in [-0.3, -0.25) is 9.97 Å². The zero-order valence-corrected chi connectivity index (χ0v) is 13.6. The lowest BCUT2D eigenvalue weighted by molar-refractivity contribution is 0.580. The SMILES string of the molecule is Cc1cnc(CNS(=O)(=O)c2ccc(Cl)c(Br)c2)cn1. The second-order valence-electron chi connectivity index (χ2n) is 4.05. The van der Waals surface area contributed by atoms with Crippen molar-refractivity contribution in [1.29, 1.82) is 0 Å². The van der Waals surface area contributed by atoms with Gasteiger partial charge in [0.15, 0.2) is 0 Å². The number of aromatic nitrogens is 2. The third kappa shape index (κ3) is 3.76. The number of aryl methyl sites for hydroxylation is 1. The minimum Gasteiger partial charge on any atom is -0.258 e. The number of halogens is 2. The molecule has 0 atom stereocenters. The van der Waals surface area contributed by atoms with Crippen LogP contribution in [0, 0.1) is 6.92 Å². The number of sulfonamides is 1. The lowest BCUT2D eigenvalue weighted by Gasteiger charge is -2.07. The van der Waals surface area contributed by atoms with Gasteiger partial charge in [0, 0.05) is 10.7 Å².